The highest BCUT2D eigenvalue weighted by molar-refractivity contribution is 9.10. The molecule has 2 rings (SSSR count). The number of nitrogens with one attached hydrogen (secondary N) is 1. The normalized spacial score (nSPS) is 17.9. The first-order valence-electron chi connectivity index (χ1n) is 8.18. The van der Waals surface area contributed by atoms with Crippen molar-refractivity contribution in [3.8, 4) is 0 Å². The van der Waals surface area contributed by atoms with Gasteiger partial charge in [-0.05, 0) is 55.8 Å². The van der Waals surface area contributed by atoms with Crippen LogP contribution >= 0.6 is 27.5 Å². The number of ether oxygens (including phenoxy) is 1. The number of rotatable bonds is 1. The molecule has 6 nitrogen and oxygen atoms in total. The summed E-state index contributed by atoms with van der Waals surface area (Å²) in [7, 11) is 0. The molecule has 0 aliphatic carbocycles. The molecular formula is C17H22BrClFN3O3. The molecule has 1 saturated heterocycles. The average molecular weight is 451 g/mol. The predicted molar refractivity (Wildman–Crippen MR) is 102 cm³/mol. The van der Waals surface area contributed by atoms with Crippen molar-refractivity contribution < 1.29 is 18.7 Å². The Labute approximate surface area is 165 Å². The van der Waals surface area contributed by atoms with Crippen LogP contribution in [0.5, 0.6) is 0 Å². The highest BCUT2D eigenvalue weighted by Gasteiger charge is 2.32. The van der Waals surface area contributed by atoms with E-state index in [2.05, 4.69) is 21.2 Å². The molecule has 0 aromatic heterocycles. The first-order valence-corrected chi connectivity index (χ1v) is 9.35. The van der Waals surface area contributed by atoms with Gasteiger partial charge in [0.25, 0.3) is 0 Å². The van der Waals surface area contributed by atoms with E-state index in [0.717, 1.165) is 0 Å². The topological polar surface area (TPSA) is 61.9 Å². The molecule has 0 saturated carbocycles. The van der Waals surface area contributed by atoms with Crippen molar-refractivity contribution in [2.24, 2.45) is 0 Å². The van der Waals surface area contributed by atoms with Gasteiger partial charge in [-0.15, -0.1) is 0 Å². The van der Waals surface area contributed by atoms with E-state index in [1.807, 2.05) is 6.92 Å². The minimum atomic E-state index is -0.699. The Balaban J connectivity index is 1.99. The molecule has 3 amide bonds. The summed E-state index contributed by atoms with van der Waals surface area (Å²) in [6.45, 7) is 8.22. The van der Waals surface area contributed by atoms with Gasteiger partial charge in [-0.3, -0.25) is 0 Å². The minimum Gasteiger partial charge on any atom is -0.444 e. The molecule has 0 spiro atoms. The van der Waals surface area contributed by atoms with E-state index in [1.54, 1.807) is 31.7 Å². The van der Waals surface area contributed by atoms with Crippen molar-refractivity contribution >= 4 is 45.3 Å². The van der Waals surface area contributed by atoms with Crippen molar-refractivity contribution in [1.82, 2.24) is 9.80 Å². The fourth-order valence-corrected chi connectivity index (χ4v) is 3.02. The van der Waals surface area contributed by atoms with Crippen LogP contribution in [-0.2, 0) is 4.74 Å². The fourth-order valence-electron chi connectivity index (χ4n) is 2.55. The second-order valence-electron chi connectivity index (χ2n) is 7.12. The second-order valence-corrected chi connectivity index (χ2v) is 8.35. The van der Waals surface area contributed by atoms with Gasteiger partial charge in [0.15, 0.2) is 5.82 Å². The summed E-state index contributed by atoms with van der Waals surface area (Å²) in [6, 6.07) is 2.33. The van der Waals surface area contributed by atoms with Crippen LogP contribution in [0.15, 0.2) is 16.6 Å². The third-order valence-electron chi connectivity index (χ3n) is 3.82. The second kappa shape index (κ2) is 8.00. The number of carbonyl (C=O) groups is 2. The number of halogens is 3. The Bertz CT molecular complexity index is 711. The number of nitrogens with zero attached hydrogens (tertiary/aromatic N) is 2. The molecule has 144 valence electrons. The van der Waals surface area contributed by atoms with Crippen LogP contribution in [0.4, 0.5) is 19.7 Å². The number of anilines is 1. The maximum atomic E-state index is 14.1. The van der Waals surface area contributed by atoms with Gasteiger partial charge < -0.3 is 19.9 Å². The van der Waals surface area contributed by atoms with Gasteiger partial charge in [0.2, 0.25) is 0 Å². The third-order valence-corrected chi connectivity index (χ3v) is 5.08. The minimum absolute atomic E-state index is 0.00502. The molecule has 1 atom stereocenters. The quantitative estimate of drug-likeness (QED) is 0.630. The summed E-state index contributed by atoms with van der Waals surface area (Å²) >= 11 is 8.96. The van der Waals surface area contributed by atoms with Crippen molar-refractivity contribution in [1.29, 1.82) is 0 Å². The number of piperazine rings is 1. The lowest BCUT2D eigenvalue weighted by Gasteiger charge is -2.40. The zero-order valence-electron chi connectivity index (χ0n) is 15.1. The first kappa shape index (κ1) is 20.8. The maximum absolute atomic E-state index is 14.1. The summed E-state index contributed by atoms with van der Waals surface area (Å²) in [6.07, 6.45) is -0.407. The van der Waals surface area contributed by atoms with E-state index in [0.29, 0.717) is 24.1 Å². The van der Waals surface area contributed by atoms with Gasteiger partial charge >= 0.3 is 12.1 Å². The summed E-state index contributed by atoms with van der Waals surface area (Å²) in [5, 5.41) is 2.43. The van der Waals surface area contributed by atoms with Crippen LogP contribution in [0.2, 0.25) is 5.02 Å². The molecule has 1 aromatic carbocycles. The lowest BCUT2D eigenvalue weighted by molar-refractivity contribution is 0.00589. The number of benzene rings is 1. The Morgan fingerprint density at radius 3 is 2.58 bits per heavy atom. The molecule has 0 radical (unpaired) electrons. The molecule has 1 aliphatic heterocycles. The Morgan fingerprint density at radius 2 is 2.00 bits per heavy atom. The van der Waals surface area contributed by atoms with Crippen molar-refractivity contribution in [2.45, 2.75) is 39.3 Å². The summed E-state index contributed by atoms with van der Waals surface area (Å²) in [4.78, 5) is 27.8. The monoisotopic (exact) mass is 449 g/mol. The van der Waals surface area contributed by atoms with E-state index in [-0.39, 0.29) is 16.8 Å². The Hall–Kier alpha value is -1.54. The number of urea groups is 1. The highest BCUT2D eigenvalue weighted by Crippen LogP contribution is 2.30. The summed E-state index contributed by atoms with van der Waals surface area (Å²) < 4.78 is 19.9. The fraction of sp³-hybridized carbons (Fsp3) is 0.529. The SMILES string of the molecule is C[C@H]1CN(C(=O)Nc2ccc(Br)c(Cl)c2F)CCN1C(=O)OC(C)(C)C. The van der Waals surface area contributed by atoms with E-state index >= 15 is 0 Å². The van der Waals surface area contributed by atoms with Crippen LogP contribution in [-0.4, -0.2) is 53.2 Å². The van der Waals surface area contributed by atoms with Crippen LogP contribution in [0, 0.1) is 5.82 Å². The van der Waals surface area contributed by atoms with Gasteiger partial charge in [0, 0.05) is 30.1 Å². The van der Waals surface area contributed by atoms with Gasteiger partial charge in [0.05, 0.1) is 10.7 Å². The zero-order valence-corrected chi connectivity index (χ0v) is 17.4. The molecule has 1 aliphatic rings. The molecule has 0 bridgehead atoms. The van der Waals surface area contributed by atoms with Crippen LogP contribution in [0.1, 0.15) is 27.7 Å². The Morgan fingerprint density at radius 1 is 1.35 bits per heavy atom. The Kier molecular flexibility index (Phi) is 6.39. The van der Waals surface area contributed by atoms with Crippen LogP contribution in [0.25, 0.3) is 0 Å². The average Bonchev–Trinajstić information content (AvgIpc) is 2.53. The maximum Gasteiger partial charge on any atom is 0.410 e. The molecule has 1 aromatic rings. The lowest BCUT2D eigenvalue weighted by atomic mass is 10.2. The lowest BCUT2D eigenvalue weighted by Crippen LogP contribution is -2.57. The summed E-state index contributed by atoms with van der Waals surface area (Å²) in [5.41, 5.74) is -0.575. The first-order chi connectivity index (χ1) is 12.0. The van der Waals surface area contributed by atoms with Crippen molar-refractivity contribution in [3.05, 3.63) is 27.4 Å². The number of carbonyl (C=O) groups excluding carboxylic acids is 2. The van der Waals surface area contributed by atoms with E-state index in [9.17, 15) is 14.0 Å². The van der Waals surface area contributed by atoms with Crippen molar-refractivity contribution in [3.63, 3.8) is 0 Å². The van der Waals surface area contributed by atoms with Gasteiger partial charge in [0.1, 0.15) is 5.60 Å². The van der Waals surface area contributed by atoms with Gasteiger partial charge in [-0.2, -0.15) is 0 Å². The molecular weight excluding hydrogens is 429 g/mol. The van der Waals surface area contributed by atoms with E-state index in [4.69, 9.17) is 16.3 Å². The standard InChI is InChI=1S/C17H22BrClFN3O3/c1-10-9-22(7-8-23(10)16(25)26-17(2,3)4)15(24)21-12-6-5-11(18)13(19)14(12)20/h5-6,10H,7-9H2,1-4H3,(H,21,24)/t10-/m0/s1. The number of hydrogen-bond acceptors (Lipinski definition) is 3. The summed E-state index contributed by atoms with van der Waals surface area (Å²) in [5.74, 6) is -0.699. The third kappa shape index (κ3) is 5.01. The van der Waals surface area contributed by atoms with Crippen LogP contribution in [0.3, 0.4) is 0 Å². The molecule has 1 fully saturated rings. The molecule has 1 heterocycles. The smallest absolute Gasteiger partial charge is 0.410 e. The number of hydrogen-bond donors (Lipinski definition) is 1. The van der Waals surface area contributed by atoms with Crippen molar-refractivity contribution in [2.75, 3.05) is 25.0 Å². The molecule has 0 unspecified atom stereocenters. The number of amides is 3. The molecule has 1 N–H and O–H groups in total. The highest BCUT2D eigenvalue weighted by atomic mass is 79.9. The largest absolute Gasteiger partial charge is 0.444 e. The molecule has 26 heavy (non-hydrogen) atoms. The predicted octanol–water partition coefficient (Wildman–Crippen LogP) is 4.71. The van der Waals surface area contributed by atoms with E-state index < -0.39 is 23.5 Å². The van der Waals surface area contributed by atoms with Gasteiger partial charge in [-0.25, -0.2) is 14.0 Å². The van der Waals surface area contributed by atoms with Gasteiger partial charge in [-0.1, -0.05) is 11.6 Å². The molecule has 9 heteroatoms. The van der Waals surface area contributed by atoms with E-state index in [1.165, 1.54) is 11.0 Å². The zero-order chi connectivity index (χ0) is 19.6. The van der Waals surface area contributed by atoms with Crippen LogP contribution < -0.4 is 5.32 Å².